The Morgan fingerprint density at radius 3 is 2.56 bits per heavy atom. The molecule has 1 fully saturated rings. The highest BCUT2D eigenvalue weighted by molar-refractivity contribution is 5.94. The second kappa shape index (κ2) is 8.63. The molecular weight excluding hydrogens is 342 g/mol. The second-order valence-electron chi connectivity index (χ2n) is 7.67. The predicted molar refractivity (Wildman–Crippen MR) is 104 cm³/mol. The molecule has 0 aliphatic carbocycles. The van der Waals surface area contributed by atoms with Crippen LogP contribution in [0.15, 0.2) is 36.9 Å². The van der Waals surface area contributed by atoms with E-state index in [4.69, 9.17) is 4.74 Å². The lowest BCUT2D eigenvalue weighted by atomic mass is 9.99. The number of morpholine rings is 1. The van der Waals surface area contributed by atoms with Crippen LogP contribution in [0.25, 0.3) is 0 Å². The number of ether oxygens (including phenoxy) is 1. The number of pyridine rings is 1. The van der Waals surface area contributed by atoms with Gasteiger partial charge in [0.25, 0.3) is 0 Å². The van der Waals surface area contributed by atoms with E-state index >= 15 is 0 Å². The first-order valence-electron chi connectivity index (χ1n) is 9.54. The van der Waals surface area contributed by atoms with Gasteiger partial charge in [-0.1, -0.05) is 13.8 Å². The van der Waals surface area contributed by atoms with Crippen LogP contribution < -0.4 is 5.32 Å². The average molecular weight is 371 g/mol. The number of rotatable bonds is 6. The standard InChI is InChI=1S/C20H29N5O2/c1-14(2)19(24-10-15(3)27-16(4)11-24)20(26)23-18-9-22-25(13-18)12-17-5-7-21-8-6-17/h5-9,13-16,19H,10-12H2,1-4H3,(H,23,26). The first-order valence-corrected chi connectivity index (χ1v) is 9.54. The van der Waals surface area contributed by atoms with Crippen LogP contribution in [0.4, 0.5) is 5.69 Å². The number of hydrogen-bond donors (Lipinski definition) is 1. The highest BCUT2D eigenvalue weighted by Crippen LogP contribution is 2.20. The maximum absolute atomic E-state index is 13.0. The van der Waals surface area contributed by atoms with E-state index in [0.29, 0.717) is 12.2 Å². The molecule has 1 aliphatic rings. The summed E-state index contributed by atoms with van der Waals surface area (Å²) in [6, 6.07) is 3.72. The van der Waals surface area contributed by atoms with Crippen molar-refractivity contribution in [2.75, 3.05) is 18.4 Å². The van der Waals surface area contributed by atoms with Gasteiger partial charge in [0.2, 0.25) is 5.91 Å². The molecule has 2 aromatic rings. The Balaban J connectivity index is 1.65. The second-order valence-corrected chi connectivity index (χ2v) is 7.67. The van der Waals surface area contributed by atoms with Gasteiger partial charge in [-0.2, -0.15) is 5.10 Å². The minimum Gasteiger partial charge on any atom is -0.373 e. The fourth-order valence-electron chi connectivity index (χ4n) is 3.74. The van der Waals surface area contributed by atoms with Crippen LogP contribution in [-0.2, 0) is 16.1 Å². The molecule has 3 atom stereocenters. The summed E-state index contributed by atoms with van der Waals surface area (Å²) in [5.41, 5.74) is 1.83. The Bertz CT molecular complexity index is 736. The predicted octanol–water partition coefficient (Wildman–Crippen LogP) is 2.40. The maximum atomic E-state index is 13.0. The SMILES string of the molecule is CC1CN(C(C(=O)Nc2cnn(Cc3ccncc3)c2)C(C)C)CC(C)O1. The van der Waals surface area contributed by atoms with Gasteiger partial charge in [-0.15, -0.1) is 0 Å². The Hall–Kier alpha value is -2.25. The van der Waals surface area contributed by atoms with Gasteiger partial charge in [0, 0.05) is 31.7 Å². The van der Waals surface area contributed by atoms with Crippen LogP contribution in [-0.4, -0.2) is 56.9 Å². The largest absolute Gasteiger partial charge is 0.373 e. The van der Waals surface area contributed by atoms with Crippen molar-refractivity contribution < 1.29 is 9.53 Å². The van der Waals surface area contributed by atoms with Crippen LogP contribution in [0.3, 0.4) is 0 Å². The van der Waals surface area contributed by atoms with Gasteiger partial charge in [-0.05, 0) is 37.5 Å². The van der Waals surface area contributed by atoms with Crippen LogP contribution in [0.5, 0.6) is 0 Å². The van der Waals surface area contributed by atoms with E-state index in [1.807, 2.05) is 23.0 Å². The van der Waals surface area contributed by atoms with Crippen molar-refractivity contribution in [3.8, 4) is 0 Å². The number of nitrogens with zero attached hydrogens (tertiary/aromatic N) is 4. The molecule has 7 heteroatoms. The quantitative estimate of drug-likeness (QED) is 0.844. The number of carbonyl (C=O) groups excluding carboxylic acids is 1. The van der Waals surface area contributed by atoms with Crippen molar-refractivity contribution in [3.05, 3.63) is 42.5 Å². The van der Waals surface area contributed by atoms with Crippen molar-refractivity contribution in [2.45, 2.75) is 52.5 Å². The molecule has 0 radical (unpaired) electrons. The van der Waals surface area contributed by atoms with Gasteiger partial charge in [0.15, 0.2) is 0 Å². The van der Waals surface area contributed by atoms with Crippen LogP contribution >= 0.6 is 0 Å². The number of anilines is 1. The summed E-state index contributed by atoms with van der Waals surface area (Å²) in [6.07, 6.45) is 7.34. The van der Waals surface area contributed by atoms with E-state index in [-0.39, 0.29) is 30.1 Å². The lowest BCUT2D eigenvalue weighted by molar-refractivity contribution is -0.130. The molecule has 3 rings (SSSR count). The van der Waals surface area contributed by atoms with Gasteiger partial charge < -0.3 is 10.1 Å². The molecular formula is C20H29N5O2. The summed E-state index contributed by atoms with van der Waals surface area (Å²) in [6.45, 7) is 10.5. The van der Waals surface area contributed by atoms with E-state index in [2.05, 4.69) is 48.0 Å². The van der Waals surface area contributed by atoms with Crippen molar-refractivity contribution in [1.82, 2.24) is 19.7 Å². The molecule has 7 nitrogen and oxygen atoms in total. The Morgan fingerprint density at radius 2 is 1.93 bits per heavy atom. The van der Waals surface area contributed by atoms with Gasteiger partial charge in [0.1, 0.15) is 0 Å². The zero-order valence-corrected chi connectivity index (χ0v) is 16.5. The summed E-state index contributed by atoms with van der Waals surface area (Å²) >= 11 is 0. The highest BCUT2D eigenvalue weighted by atomic mass is 16.5. The smallest absolute Gasteiger partial charge is 0.242 e. The highest BCUT2D eigenvalue weighted by Gasteiger charge is 2.34. The topological polar surface area (TPSA) is 72.3 Å². The first-order chi connectivity index (χ1) is 12.9. The van der Waals surface area contributed by atoms with Crippen molar-refractivity contribution in [2.24, 2.45) is 5.92 Å². The zero-order chi connectivity index (χ0) is 19.4. The molecule has 1 N–H and O–H groups in total. The summed E-state index contributed by atoms with van der Waals surface area (Å²) in [5.74, 6) is 0.212. The third-order valence-electron chi connectivity index (χ3n) is 4.74. The third kappa shape index (κ3) is 5.14. The third-order valence-corrected chi connectivity index (χ3v) is 4.74. The molecule has 146 valence electrons. The fraction of sp³-hybridized carbons (Fsp3) is 0.550. The number of amides is 1. The minimum atomic E-state index is -0.192. The van der Waals surface area contributed by atoms with Gasteiger partial charge in [-0.25, -0.2) is 0 Å². The van der Waals surface area contributed by atoms with Crippen molar-refractivity contribution in [3.63, 3.8) is 0 Å². The molecule has 3 heterocycles. The Labute approximate surface area is 160 Å². The van der Waals surface area contributed by atoms with E-state index in [0.717, 1.165) is 18.7 Å². The number of nitrogens with one attached hydrogen (secondary N) is 1. The van der Waals surface area contributed by atoms with Crippen LogP contribution in [0, 0.1) is 5.92 Å². The zero-order valence-electron chi connectivity index (χ0n) is 16.5. The number of aromatic nitrogens is 3. The van der Waals surface area contributed by atoms with Crippen LogP contribution in [0.1, 0.15) is 33.3 Å². The molecule has 27 heavy (non-hydrogen) atoms. The van der Waals surface area contributed by atoms with Gasteiger partial charge >= 0.3 is 0 Å². The lowest BCUT2D eigenvalue weighted by Crippen LogP contribution is -2.55. The molecule has 1 saturated heterocycles. The van der Waals surface area contributed by atoms with Crippen molar-refractivity contribution >= 4 is 11.6 Å². The molecule has 0 bridgehead atoms. The molecule has 0 aromatic carbocycles. The molecule has 0 saturated carbocycles. The molecule has 2 aromatic heterocycles. The van der Waals surface area contributed by atoms with Crippen LogP contribution in [0.2, 0.25) is 0 Å². The summed E-state index contributed by atoms with van der Waals surface area (Å²) < 4.78 is 7.63. The van der Waals surface area contributed by atoms with Gasteiger partial charge in [-0.3, -0.25) is 19.4 Å². The number of hydrogen-bond acceptors (Lipinski definition) is 5. The van der Waals surface area contributed by atoms with E-state index in [1.165, 1.54) is 0 Å². The van der Waals surface area contributed by atoms with E-state index in [9.17, 15) is 4.79 Å². The van der Waals surface area contributed by atoms with E-state index < -0.39 is 0 Å². The van der Waals surface area contributed by atoms with E-state index in [1.54, 1.807) is 18.6 Å². The molecule has 0 spiro atoms. The summed E-state index contributed by atoms with van der Waals surface area (Å²) in [4.78, 5) is 19.3. The molecule has 3 unspecified atom stereocenters. The first kappa shape index (κ1) is 19.5. The van der Waals surface area contributed by atoms with Crippen molar-refractivity contribution in [1.29, 1.82) is 0 Å². The average Bonchev–Trinajstić information content (AvgIpc) is 3.01. The summed E-state index contributed by atoms with van der Waals surface area (Å²) in [7, 11) is 0. The number of carbonyl (C=O) groups is 1. The lowest BCUT2D eigenvalue weighted by Gasteiger charge is -2.40. The van der Waals surface area contributed by atoms with Gasteiger partial charge in [0.05, 0.1) is 36.7 Å². The normalized spacial score (nSPS) is 22.0. The maximum Gasteiger partial charge on any atom is 0.242 e. The minimum absolute atomic E-state index is 0.00904. The Kier molecular flexibility index (Phi) is 6.23. The fourth-order valence-corrected chi connectivity index (χ4v) is 3.74. The monoisotopic (exact) mass is 371 g/mol. The molecule has 1 amide bonds. The summed E-state index contributed by atoms with van der Waals surface area (Å²) in [5, 5.41) is 7.39. The molecule has 1 aliphatic heterocycles. The Morgan fingerprint density at radius 1 is 1.26 bits per heavy atom.